The summed E-state index contributed by atoms with van der Waals surface area (Å²) in [7, 11) is 1.62. The molecule has 1 saturated carbocycles. The van der Waals surface area contributed by atoms with Gasteiger partial charge in [-0.1, -0.05) is 6.07 Å². The highest BCUT2D eigenvalue weighted by atomic mass is 16.5. The van der Waals surface area contributed by atoms with Gasteiger partial charge in [-0.15, -0.1) is 0 Å². The van der Waals surface area contributed by atoms with Gasteiger partial charge < -0.3 is 15.4 Å². The van der Waals surface area contributed by atoms with E-state index in [4.69, 9.17) is 4.74 Å². The molecule has 90 valence electrons. The number of ether oxygens (including phenoxy) is 1. The first kappa shape index (κ1) is 10.6. The van der Waals surface area contributed by atoms with E-state index in [1.54, 1.807) is 7.11 Å². The number of methoxy groups -OCH3 is 1. The van der Waals surface area contributed by atoms with Gasteiger partial charge in [0.05, 0.1) is 13.2 Å². The van der Waals surface area contributed by atoms with Gasteiger partial charge >= 0.3 is 0 Å². The van der Waals surface area contributed by atoms with E-state index in [0.717, 1.165) is 23.8 Å². The van der Waals surface area contributed by atoms with Gasteiger partial charge in [0.1, 0.15) is 5.75 Å². The van der Waals surface area contributed by atoms with Crippen LogP contribution in [0.4, 0.5) is 5.69 Å². The standard InChI is InChI=1S/C13H16N2O2/c1-17-10-4-2-3-9(7-10)14-13(16)12-6-8-5-11(8)15-12/h2-4,7-8,11-12,15H,5-6H2,1H3,(H,14,16)/t8?,11-,12+/m1/s1. The second kappa shape index (κ2) is 4.04. The molecule has 3 atom stereocenters. The van der Waals surface area contributed by atoms with Crippen molar-refractivity contribution in [3.63, 3.8) is 0 Å². The Morgan fingerprint density at radius 1 is 1.47 bits per heavy atom. The summed E-state index contributed by atoms with van der Waals surface area (Å²) >= 11 is 0. The predicted molar refractivity (Wildman–Crippen MR) is 65.1 cm³/mol. The van der Waals surface area contributed by atoms with Crippen LogP contribution in [-0.4, -0.2) is 25.1 Å². The van der Waals surface area contributed by atoms with Crippen molar-refractivity contribution in [2.24, 2.45) is 5.92 Å². The van der Waals surface area contributed by atoms with E-state index in [1.807, 2.05) is 24.3 Å². The largest absolute Gasteiger partial charge is 0.497 e. The molecule has 3 rings (SSSR count). The van der Waals surface area contributed by atoms with Crippen molar-refractivity contribution in [2.45, 2.75) is 24.9 Å². The van der Waals surface area contributed by atoms with Crippen LogP contribution in [0.5, 0.6) is 5.75 Å². The lowest BCUT2D eigenvalue weighted by atomic mass is 10.1. The summed E-state index contributed by atoms with van der Waals surface area (Å²) in [6.07, 6.45) is 2.21. The second-order valence-corrected chi connectivity index (χ2v) is 4.78. The molecular formula is C13H16N2O2. The molecule has 4 heteroatoms. The molecule has 17 heavy (non-hydrogen) atoms. The van der Waals surface area contributed by atoms with Crippen LogP contribution in [0.15, 0.2) is 24.3 Å². The van der Waals surface area contributed by atoms with Crippen LogP contribution in [0.1, 0.15) is 12.8 Å². The van der Waals surface area contributed by atoms with Gasteiger partial charge in [0, 0.05) is 17.8 Å². The summed E-state index contributed by atoms with van der Waals surface area (Å²) < 4.78 is 5.12. The fourth-order valence-corrected chi connectivity index (χ4v) is 2.45. The van der Waals surface area contributed by atoms with E-state index in [1.165, 1.54) is 6.42 Å². The smallest absolute Gasteiger partial charge is 0.241 e. The Bertz CT molecular complexity index is 437. The van der Waals surface area contributed by atoms with Crippen molar-refractivity contribution in [3.05, 3.63) is 24.3 Å². The highest BCUT2D eigenvalue weighted by Crippen LogP contribution is 2.40. The van der Waals surface area contributed by atoms with E-state index in [9.17, 15) is 4.79 Å². The van der Waals surface area contributed by atoms with Crippen molar-refractivity contribution in [1.29, 1.82) is 0 Å². The van der Waals surface area contributed by atoms with Crippen LogP contribution in [-0.2, 0) is 4.79 Å². The van der Waals surface area contributed by atoms with Crippen molar-refractivity contribution in [3.8, 4) is 5.75 Å². The number of nitrogens with one attached hydrogen (secondary N) is 2. The first-order valence-corrected chi connectivity index (χ1v) is 5.97. The molecule has 1 saturated heterocycles. The third-order valence-electron chi connectivity index (χ3n) is 3.53. The Kier molecular flexibility index (Phi) is 2.52. The number of carbonyl (C=O) groups is 1. The lowest BCUT2D eigenvalue weighted by Gasteiger charge is -2.13. The molecule has 0 radical (unpaired) electrons. The van der Waals surface area contributed by atoms with Crippen molar-refractivity contribution in [2.75, 3.05) is 12.4 Å². The normalized spacial score (nSPS) is 29.6. The van der Waals surface area contributed by atoms with Gasteiger partial charge in [0.25, 0.3) is 0 Å². The number of amides is 1. The quantitative estimate of drug-likeness (QED) is 0.828. The maximum atomic E-state index is 12.0. The van der Waals surface area contributed by atoms with Crippen LogP contribution in [0.2, 0.25) is 0 Å². The molecule has 1 amide bonds. The fourth-order valence-electron chi connectivity index (χ4n) is 2.45. The fraction of sp³-hybridized carbons (Fsp3) is 0.462. The molecule has 2 N–H and O–H groups in total. The number of hydrogen-bond donors (Lipinski definition) is 2. The van der Waals surface area contributed by atoms with Crippen molar-refractivity contribution in [1.82, 2.24) is 5.32 Å². The molecule has 0 bridgehead atoms. The summed E-state index contributed by atoms with van der Waals surface area (Å²) in [6.45, 7) is 0. The summed E-state index contributed by atoms with van der Waals surface area (Å²) in [5.74, 6) is 1.55. The molecule has 1 aromatic rings. The minimum absolute atomic E-state index is 0.0232. The molecule has 1 aliphatic carbocycles. The summed E-state index contributed by atoms with van der Waals surface area (Å²) in [5.41, 5.74) is 0.789. The first-order chi connectivity index (χ1) is 8.26. The molecule has 1 heterocycles. The monoisotopic (exact) mass is 232 g/mol. The van der Waals surface area contributed by atoms with Gasteiger partial charge in [-0.05, 0) is 30.9 Å². The lowest BCUT2D eigenvalue weighted by molar-refractivity contribution is -0.118. The Hall–Kier alpha value is -1.55. The zero-order chi connectivity index (χ0) is 11.8. The number of rotatable bonds is 3. The van der Waals surface area contributed by atoms with Crippen molar-refractivity contribution < 1.29 is 9.53 Å². The predicted octanol–water partition coefficient (Wildman–Crippen LogP) is 1.38. The van der Waals surface area contributed by atoms with E-state index in [-0.39, 0.29) is 11.9 Å². The molecular weight excluding hydrogens is 216 g/mol. The second-order valence-electron chi connectivity index (χ2n) is 4.78. The van der Waals surface area contributed by atoms with E-state index in [0.29, 0.717) is 6.04 Å². The van der Waals surface area contributed by atoms with E-state index in [2.05, 4.69) is 10.6 Å². The van der Waals surface area contributed by atoms with Crippen LogP contribution < -0.4 is 15.4 Å². The zero-order valence-corrected chi connectivity index (χ0v) is 9.77. The Balaban J connectivity index is 1.63. The number of anilines is 1. The zero-order valence-electron chi connectivity index (χ0n) is 9.77. The maximum absolute atomic E-state index is 12.0. The van der Waals surface area contributed by atoms with Crippen molar-refractivity contribution >= 4 is 11.6 Å². The molecule has 2 aliphatic rings. The van der Waals surface area contributed by atoms with Crippen LogP contribution in [0.3, 0.4) is 0 Å². The van der Waals surface area contributed by atoms with E-state index >= 15 is 0 Å². The van der Waals surface area contributed by atoms with E-state index < -0.39 is 0 Å². The molecule has 2 fully saturated rings. The van der Waals surface area contributed by atoms with Gasteiger partial charge in [0.15, 0.2) is 0 Å². The third kappa shape index (κ3) is 2.13. The van der Waals surface area contributed by atoms with Gasteiger partial charge in [-0.3, -0.25) is 4.79 Å². The summed E-state index contributed by atoms with van der Waals surface area (Å²) in [5, 5.41) is 6.25. The molecule has 0 aromatic heterocycles. The van der Waals surface area contributed by atoms with Crippen LogP contribution in [0, 0.1) is 5.92 Å². The third-order valence-corrected chi connectivity index (χ3v) is 3.53. The lowest BCUT2D eigenvalue weighted by Crippen LogP contribution is -2.37. The molecule has 1 unspecified atom stereocenters. The SMILES string of the molecule is COc1cccc(NC(=O)[C@@H]2CC3C[C@H]3N2)c1. The molecule has 0 spiro atoms. The van der Waals surface area contributed by atoms with Crippen LogP contribution in [0.25, 0.3) is 0 Å². The number of piperidine rings is 1. The molecule has 4 nitrogen and oxygen atoms in total. The summed E-state index contributed by atoms with van der Waals surface area (Å²) in [6, 6.07) is 8.00. The number of benzene rings is 1. The minimum atomic E-state index is -0.0232. The number of fused-ring (bicyclic) bond motifs is 1. The Morgan fingerprint density at radius 3 is 3.06 bits per heavy atom. The average molecular weight is 232 g/mol. The topological polar surface area (TPSA) is 50.4 Å². The maximum Gasteiger partial charge on any atom is 0.241 e. The minimum Gasteiger partial charge on any atom is -0.497 e. The number of hydrogen-bond acceptors (Lipinski definition) is 3. The molecule has 1 aromatic carbocycles. The first-order valence-electron chi connectivity index (χ1n) is 5.97. The average Bonchev–Trinajstić information content (AvgIpc) is 2.96. The van der Waals surface area contributed by atoms with Gasteiger partial charge in [0.2, 0.25) is 5.91 Å². The Labute approximate surface area is 100 Å². The van der Waals surface area contributed by atoms with Gasteiger partial charge in [-0.2, -0.15) is 0 Å². The highest BCUT2D eigenvalue weighted by Gasteiger charge is 2.47. The van der Waals surface area contributed by atoms with Crippen LogP contribution >= 0.6 is 0 Å². The number of carbonyl (C=O) groups excluding carboxylic acids is 1. The summed E-state index contributed by atoms with van der Waals surface area (Å²) in [4.78, 5) is 12.0. The highest BCUT2D eigenvalue weighted by molar-refractivity contribution is 5.95. The van der Waals surface area contributed by atoms with Gasteiger partial charge in [-0.25, -0.2) is 0 Å². The molecule has 1 aliphatic heterocycles. The Morgan fingerprint density at radius 2 is 2.35 bits per heavy atom.